The van der Waals surface area contributed by atoms with Crippen LogP contribution in [0.25, 0.3) is 0 Å². The molecular formula is C19H28N4O2. The lowest BCUT2D eigenvalue weighted by atomic mass is 10.1. The van der Waals surface area contributed by atoms with Crippen molar-refractivity contribution in [1.29, 1.82) is 0 Å². The first kappa shape index (κ1) is 17.7. The highest BCUT2D eigenvalue weighted by Gasteiger charge is 2.21. The van der Waals surface area contributed by atoms with Gasteiger partial charge in [0.15, 0.2) is 5.96 Å². The van der Waals surface area contributed by atoms with E-state index in [9.17, 15) is 4.79 Å². The molecule has 1 saturated heterocycles. The van der Waals surface area contributed by atoms with Gasteiger partial charge in [-0.3, -0.25) is 9.79 Å². The lowest BCUT2D eigenvalue weighted by molar-refractivity contribution is 0.0857. The van der Waals surface area contributed by atoms with Crippen LogP contribution in [0.5, 0.6) is 0 Å². The van der Waals surface area contributed by atoms with Gasteiger partial charge < -0.3 is 20.7 Å². The van der Waals surface area contributed by atoms with Crippen LogP contribution in [0.1, 0.15) is 41.6 Å². The van der Waals surface area contributed by atoms with Crippen LogP contribution in [0.15, 0.2) is 29.3 Å². The smallest absolute Gasteiger partial charge is 0.251 e. The van der Waals surface area contributed by atoms with E-state index in [1.54, 1.807) is 7.05 Å². The van der Waals surface area contributed by atoms with Crippen LogP contribution >= 0.6 is 0 Å². The standard InChI is InChI=1S/C19H28N4O2/c1-20-19(22-11-14-7-8-14)23-12-15-4-2-5-16(10-15)18(24)21-13-17-6-3-9-25-17/h2,4-5,10,14,17H,3,6-9,11-13H2,1H3,(H,21,24)(H2,20,22,23). The van der Waals surface area contributed by atoms with Gasteiger partial charge in [0.25, 0.3) is 5.91 Å². The molecule has 1 heterocycles. The lowest BCUT2D eigenvalue weighted by Gasteiger charge is -2.13. The van der Waals surface area contributed by atoms with Crippen molar-refractivity contribution < 1.29 is 9.53 Å². The number of aliphatic imine (C=N–C) groups is 1. The van der Waals surface area contributed by atoms with E-state index >= 15 is 0 Å². The summed E-state index contributed by atoms with van der Waals surface area (Å²) in [5, 5.41) is 9.60. The molecule has 0 aromatic heterocycles. The second-order valence-corrected chi connectivity index (χ2v) is 6.80. The predicted molar refractivity (Wildman–Crippen MR) is 98.7 cm³/mol. The van der Waals surface area contributed by atoms with E-state index in [-0.39, 0.29) is 12.0 Å². The Kier molecular flexibility index (Phi) is 6.28. The zero-order valence-corrected chi connectivity index (χ0v) is 14.9. The second-order valence-electron chi connectivity index (χ2n) is 6.80. The highest BCUT2D eigenvalue weighted by molar-refractivity contribution is 5.94. The van der Waals surface area contributed by atoms with E-state index < -0.39 is 0 Å². The number of carbonyl (C=O) groups is 1. The summed E-state index contributed by atoms with van der Waals surface area (Å²) >= 11 is 0. The number of guanidine groups is 1. The zero-order chi connectivity index (χ0) is 17.5. The van der Waals surface area contributed by atoms with Crippen molar-refractivity contribution in [2.24, 2.45) is 10.9 Å². The molecule has 136 valence electrons. The molecule has 1 unspecified atom stereocenters. The number of benzene rings is 1. The molecule has 3 N–H and O–H groups in total. The van der Waals surface area contributed by atoms with Crippen LogP contribution in [0.2, 0.25) is 0 Å². The molecule has 2 fully saturated rings. The minimum Gasteiger partial charge on any atom is -0.376 e. The Hall–Kier alpha value is -2.08. The van der Waals surface area contributed by atoms with Gasteiger partial charge in [0.05, 0.1) is 6.10 Å². The quantitative estimate of drug-likeness (QED) is 0.520. The number of rotatable bonds is 7. The van der Waals surface area contributed by atoms with Crippen LogP contribution in [0.4, 0.5) is 0 Å². The number of amides is 1. The summed E-state index contributed by atoms with van der Waals surface area (Å²) in [6.45, 7) is 3.00. The Morgan fingerprint density at radius 3 is 2.80 bits per heavy atom. The zero-order valence-electron chi connectivity index (χ0n) is 14.9. The summed E-state index contributed by atoms with van der Waals surface area (Å²) in [6.07, 6.45) is 4.89. The number of nitrogens with one attached hydrogen (secondary N) is 3. The van der Waals surface area contributed by atoms with Gasteiger partial charge >= 0.3 is 0 Å². The third-order valence-corrected chi connectivity index (χ3v) is 4.64. The van der Waals surface area contributed by atoms with Crippen molar-refractivity contribution in [2.75, 3.05) is 26.7 Å². The van der Waals surface area contributed by atoms with E-state index in [1.807, 2.05) is 24.3 Å². The molecule has 1 aliphatic carbocycles. The number of hydrogen-bond acceptors (Lipinski definition) is 3. The molecule has 3 rings (SSSR count). The van der Waals surface area contributed by atoms with E-state index in [0.717, 1.165) is 43.4 Å². The molecule has 25 heavy (non-hydrogen) atoms. The Morgan fingerprint density at radius 1 is 1.20 bits per heavy atom. The van der Waals surface area contributed by atoms with E-state index in [2.05, 4.69) is 20.9 Å². The third-order valence-electron chi connectivity index (χ3n) is 4.64. The van der Waals surface area contributed by atoms with Gasteiger partial charge in [-0.15, -0.1) is 0 Å². The largest absolute Gasteiger partial charge is 0.376 e. The summed E-state index contributed by atoms with van der Waals surface area (Å²) in [6, 6.07) is 7.69. The average molecular weight is 344 g/mol. The maximum atomic E-state index is 12.3. The van der Waals surface area contributed by atoms with Gasteiger partial charge in [-0.05, 0) is 49.3 Å². The highest BCUT2D eigenvalue weighted by Crippen LogP contribution is 2.27. The lowest BCUT2D eigenvalue weighted by Crippen LogP contribution is -2.37. The Labute approximate surface area is 149 Å². The van der Waals surface area contributed by atoms with Crippen LogP contribution in [-0.4, -0.2) is 44.7 Å². The fourth-order valence-corrected chi connectivity index (χ4v) is 2.91. The summed E-state index contributed by atoms with van der Waals surface area (Å²) in [4.78, 5) is 16.5. The Balaban J connectivity index is 1.46. The van der Waals surface area contributed by atoms with E-state index in [0.29, 0.717) is 18.7 Å². The van der Waals surface area contributed by atoms with E-state index in [4.69, 9.17) is 4.74 Å². The molecule has 0 spiro atoms. The first-order valence-corrected chi connectivity index (χ1v) is 9.18. The number of ether oxygens (including phenoxy) is 1. The van der Waals surface area contributed by atoms with Gasteiger partial charge in [0.1, 0.15) is 0 Å². The summed E-state index contributed by atoms with van der Waals surface area (Å²) < 4.78 is 5.54. The maximum absolute atomic E-state index is 12.3. The molecule has 6 nitrogen and oxygen atoms in total. The van der Waals surface area contributed by atoms with Crippen molar-refractivity contribution in [3.63, 3.8) is 0 Å². The number of hydrogen-bond donors (Lipinski definition) is 3. The van der Waals surface area contributed by atoms with Gasteiger partial charge in [-0.2, -0.15) is 0 Å². The average Bonchev–Trinajstić information content (AvgIpc) is 3.33. The molecule has 1 saturated carbocycles. The van der Waals surface area contributed by atoms with Crippen molar-refractivity contribution in [2.45, 2.75) is 38.3 Å². The number of nitrogens with zero attached hydrogens (tertiary/aromatic N) is 1. The fourth-order valence-electron chi connectivity index (χ4n) is 2.91. The van der Waals surface area contributed by atoms with Crippen molar-refractivity contribution in [1.82, 2.24) is 16.0 Å². The third kappa shape index (κ3) is 5.74. The SMILES string of the molecule is CN=C(NCc1cccc(C(=O)NCC2CCCO2)c1)NCC1CC1. The molecule has 0 radical (unpaired) electrons. The molecule has 1 aromatic rings. The highest BCUT2D eigenvalue weighted by atomic mass is 16.5. The molecule has 1 aliphatic heterocycles. The van der Waals surface area contributed by atoms with Gasteiger partial charge in [-0.25, -0.2) is 0 Å². The van der Waals surface area contributed by atoms with Crippen molar-refractivity contribution in [3.8, 4) is 0 Å². The van der Waals surface area contributed by atoms with E-state index in [1.165, 1.54) is 12.8 Å². The molecule has 1 amide bonds. The topological polar surface area (TPSA) is 74.8 Å². The van der Waals surface area contributed by atoms with Gasteiger partial charge in [0.2, 0.25) is 0 Å². The monoisotopic (exact) mass is 344 g/mol. The normalized spacial score (nSPS) is 20.4. The van der Waals surface area contributed by atoms with Crippen LogP contribution in [-0.2, 0) is 11.3 Å². The molecule has 2 aliphatic rings. The molecular weight excluding hydrogens is 316 g/mol. The number of carbonyl (C=O) groups excluding carboxylic acids is 1. The second kappa shape index (κ2) is 8.85. The molecule has 1 atom stereocenters. The summed E-state index contributed by atoms with van der Waals surface area (Å²) in [5.41, 5.74) is 1.73. The first-order chi connectivity index (χ1) is 12.2. The molecule has 1 aromatic carbocycles. The minimum absolute atomic E-state index is 0.0476. The van der Waals surface area contributed by atoms with Crippen LogP contribution in [0.3, 0.4) is 0 Å². The maximum Gasteiger partial charge on any atom is 0.251 e. The predicted octanol–water partition coefficient (Wildman–Crippen LogP) is 1.67. The van der Waals surface area contributed by atoms with Gasteiger partial charge in [0, 0.05) is 38.9 Å². The van der Waals surface area contributed by atoms with Crippen molar-refractivity contribution >= 4 is 11.9 Å². The van der Waals surface area contributed by atoms with Crippen LogP contribution < -0.4 is 16.0 Å². The van der Waals surface area contributed by atoms with Crippen LogP contribution in [0, 0.1) is 5.92 Å². The van der Waals surface area contributed by atoms with Gasteiger partial charge in [-0.1, -0.05) is 12.1 Å². The minimum atomic E-state index is -0.0476. The summed E-state index contributed by atoms with van der Waals surface area (Å²) in [5.74, 6) is 1.56. The first-order valence-electron chi connectivity index (χ1n) is 9.18. The fraction of sp³-hybridized carbons (Fsp3) is 0.579. The molecule has 6 heteroatoms. The Bertz CT molecular complexity index is 607. The summed E-state index contributed by atoms with van der Waals surface area (Å²) in [7, 11) is 1.77. The van der Waals surface area contributed by atoms with Crippen molar-refractivity contribution in [3.05, 3.63) is 35.4 Å². The Morgan fingerprint density at radius 2 is 2.08 bits per heavy atom. The molecule has 0 bridgehead atoms.